The summed E-state index contributed by atoms with van der Waals surface area (Å²) >= 11 is 0. The third kappa shape index (κ3) is 3.74. The van der Waals surface area contributed by atoms with Gasteiger partial charge in [-0.15, -0.1) is 0 Å². The molecule has 0 atom stereocenters. The van der Waals surface area contributed by atoms with Gasteiger partial charge in [0.15, 0.2) is 0 Å². The summed E-state index contributed by atoms with van der Waals surface area (Å²) in [5.74, 6) is -0.477. The van der Waals surface area contributed by atoms with E-state index in [1.54, 1.807) is 6.07 Å². The van der Waals surface area contributed by atoms with Crippen LogP contribution in [0.2, 0.25) is 0 Å². The van der Waals surface area contributed by atoms with E-state index in [0.717, 1.165) is 38.8 Å². The van der Waals surface area contributed by atoms with Gasteiger partial charge in [0.1, 0.15) is 11.6 Å². The average Bonchev–Trinajstić information content (AvgIpc) is 2.66. The molecule has 0 spiro atoms. The van der Waals surface area contributed by atoms with Crippen molar-refractivity contribution in [2.24, 2.45) is 0 Å². The topological polar surface area (TPSA) is 41.0 Å². The van der Waals surface area contributed by atoms with E-state index < -0.39 is 12.0 Å². The number of hydrogen-bond acceptors (Lipinski definition) is 4. The third-order valence-corrected chi connectivity index (χ3v) is 3.25. The summed E-state index contributed by atoms with van der Waals surface area (Å²) in [4.78, 5) is 9.16. The maximum absolute atomic E-state index is 12.9. The second-order valence-electron chi connectivity index (χ2n) is 4.86. The van der Waals surface area contributed by atoms with Crippen LogP contribution in [-0.4, -0.2) is 29.6 Å². The Labute approximate surface area is 116 Å². The Morgan fingerprint density at radius 2 is 1.80 bits per heavy atom. The minimum absolute atomic E-state index is 0.231. The molecule has 0 aromatic carbocycles. The van der Waals surface area contributed by atoms with E-state index in [2.05, 4.69) is 15.3 Å². The molecule has 4 nitrogen and oxygen atoms in total. The largest absolute Gasteiger partial charge is 0.451 e. The molecule has 1 saturated heterocycles. The molecule has 0 unspecified atom stereocenters. The van der Waals surface area contributed by atoms with Crippen LogP contribution in [0.15, 0.2) is 6.07 Å². The lowest BCUT2D eigenvalue weighted by Gasteiger charge is -2.22. The van der Waals surface area contributed by atoms with E-state index >= 15 is 0 Å². The number of nitrogens with zero attached hydrogens (tertiary/aromatic N) is 3. The third-order valence-electron chi connectivity index (χ3n) is 3.25. The van der Waals surface area contributed by atoms with Crippen molar-refractivity contribution >= 4 is 11.6 Å². The van der Waals surface area contributed by atoms with Gasteiger partial charge in [0.05, 0.1) is 0 Å². The summed E-state index contributed by atoms with van der Waals surface area (Å²) < 4.78 is 38.6. The van der Waals surface area contributed by atoms with Crippen LogP contribution in [0.4, 0.5) is 24.8 Å². The number of nitrogens with one attached hydrogen (secondary N) is 1. The molecule has 0 amide bonds. The quantitative estimate of drug-likeness (QED) is 0.926. The fraction of sp³-hybridized carbons (Fsp3) is 0.692. The van der Waals surface area contributed by atoms with E-state index in [1.807, 2.05) is 11.8 Å². The first-order valence-corrected chi connectivity index (χ1v) is 6.96. The Bertz CT molecular complexity index is 440. The first-order chi connectivity index (χ1) is 9.50. The minimum Gasteiger partial charge on any atom is -0.370 e. The van der Waals surface area contributed by atoms with Gasteiger partial charge in [-0.05, 0) is 19.8 Å². The molecule has 1 aliphatic heterocycles. The molecule has 1 aromatic rings. The van der Waals surface area contributed by atoms with Crippen LogP contribution in [0.25, 0.3) is 0 Å². The summed E-state index contributed by atoms with van der Waals surface area (Å²) in [6.45, 7) is 3.84. The predicted molar refractivity (Wildman–Crippen MR) is 71.9 cm³/mol. The highest BCUT2D eigenvalue weighted by atomic mass is 19.4. The van der Waals surface area contributed by atoms with Gasteiger partial charge in [0.25, 0.3) is 0 Å². The fourth-order valence-corrected chi connectivity index (χ4v) is 2.29. The Morgan fingerprint density at radius 1 is 1.15 bits per heavy atom. The Morgan fingerprint density at radius 3 is 2.35 bits per heavy atom. The molecule has 0 bridgehead atoms. The molecule has 2 rings (SSSR count). The van der Waals surface area contributed by atoms with Crippen molar-refractivity contribution in [3.63, 3.8) is 0 Å². The van der Waals surface area contributed by atoms with Gasteiger partial charge in [-0.2, -0.15) is 13.2 Å². The highest BCUT2D eigenvalue weighted by molar-refractivity contribution is 5.49. The Hall–Kier alpha value is -1.53. The van der Waals surface area contributed by atoms with Crippen molar-refractivity contribution in [1.82, 2.24) is 9.97 Å². The van der Waals surface area contributed by atoms with Crippen molar-refractivity contribution in [1.29, 1.82) is 0 Å². The van der Waals surface area contributed by atoms with Gasteiger partial charge in [-0.1, -0.05) is 12.8 Å². The molecule has 1 fully saturated rings. The number of aromatic nitrogens is 2. The summed E-state index contributed by atoms with van der Waals surface area (Å²) in [5.41, 5.74) is 0. The SMILES string of the molecule is CCNc1cc(N2CCCCCC2)nc(C(F)(F)F)n1. The first-order valence-electron chi connectivity index (χ1n) is 6.96. The number of rotatable bonds is 3. The number of alkyl halides is 3. The molecule has 0 radical (unpaired) electrons. The summed E-state index contributed by atoms with van der Waals surface area (Å²) in [6, 6.07) is 1.60. The van der Waals surface area contributed by atoms with Crippen LogP contribution in [0.5, 0.6) is 0 Å². The van der Waals surface area contributed by atoms with Gasteiger partial charge in [0.2, 0.25) is 5.82 Å². The van der Waals surface area contributed by atoms with E-state index in [1.165, 1.54) is 0 Å². The lowest BCUT2D eigenvalue weighted by atomic mass is 10.2. The maximum Gasteiger partial charge on any atom is 0.451 e. The summed E-state index contributed by atoms with van der Waals surface area (Å²) in [5, 5.41) is 2.84. The molecule has 0 saturated carbocycles. The zero-order chi connectivity index (χ0) is 14.6. The Kier molecular flexibility index (Phi) is 4.67. The molecular formula is C13H19F3N4. The van der Waals surface area contributed by atoms with E-state index in [-0.39, 0.29) is 5.82 Å². The van der Waals surface area contributed by atoms with Gasteiger partial charge in [-0.25, -0.2) is 9.97 Å². The predicted octanol–water partition coefficient (Wildman–Crippen LogP) is 3.31. The van der Waals surface area contributed by atoms with E-state index in [9.17, 15) is 13.2 Å². The highest BCUT2D eigenvalue weighted by Gasteiger charge is 2.36. The van der Waals surface area contributed by atoms with Crippen LogP contribution in [-0.2, 0) is 6.18 Å². The zero-order valence-corrected chi connectivity index (χ0v) is 11.5. The maximum atomic E-state index is 12.9. The minimum atomic E-state index is -4.52. The summed E-state index contributed by atoms with van der Waals surface area (Å²) in [7, 11) is 0. The average molecular weight is 288 g/mol. The number of anilines is 2. The standard InChI is InChI=1S/C13H19F3N4/c1-2-17-10-9-11(19-12(18-10)13(14,15)16)20-7-5-3-4-6-8-20/h9H,2-8H2,1H3,(H,17,18,19). The fourth-order valence-electron chi connectivity index (χ4n) is 2.29. The van der Waals surface area contributed by atoms with Crippen LogP contribution < -0.4 is 10.2 Å². The van der Waals surface area contributed by atoms with Crippen molar-refractivity contribution < 1.29 is 13.2 Å². The lowest BCUT2D eigenvalue weighted by Crippen LogP contribution is -2.26. The lowest BCUT2D eigenvalue weighted by molar-refractivity contribution is -0.144. The van der Waals surface area contributed by atoms with Crippen LogP contribution in [0, 0.1) is 0 Å². The van der Waals surface area contributed by atoms with Gasteiger partial charge in [-0.3, -0.25) is 0 Å². The van der Waals surface area contributed by atoms with E-state index in [0.29, 0.717) is 12.4 Å². The second kappa shape index (κ2) is 6.28. The van der Waals surface area contributed by atoms with Crippen molar-refractivity contribution in [2.45, 2.75) is 38.8 Å². The van der Waals surface area contributed by atoms with Crippen LogP contribution in [0.3, 0.4) is 0 Å². The smallest absolute Gasteiger partial charge is 0.370 e. The Balaban J connectivity index is 2.32. The van der Waals surface area contributed by atoms with Crippen molar-refractivity contribution in [3.8, 4) is 0 Å². The van der Waals surface area contributed by atoms with Crippen LogP contribution >= 0.6 is 0 Å². The zero-order valence-electron chi connectivity index (χ0n) is 11.5. The molecule has 0 aliphatic carbocycles. The first kappa shape index (κ1) is 14.9. The van der Waals surface area contributed by atoms with Crippen molar-refractivity contribution in [3.05, 3.63) is 11.9 Å². The molecular weight excluding hydrogens is 269 g/mol. The molecule has 1 aliphatic rings. The van der Waals surface area contributed by atoms with Crippen molar-refractivity contribution in [2.75, 3.05) is 29.9 Å². The normalized spacial score (nSPS) is 16.9. The van der Waals surface area contributed by atoms with Gasteiger partial charge < -0.3 is 10.2 Å². The molecule has 2 heterocycles. The molecule has 20 heavy (non-hydrogen) atoms. The summed E-state index contributed by atoms with van der Waals surface area (Å²) in [6.07, 6.45) is -0.308. The molecule has 1 aromatic heterocycles. The molecule has 1 N–H and O–H groups in total. The van der Waals surface area contributed by atoms with Gasteiger partial charge in [0, 0.05) is 25.7 Å². The van der Waals surface area contributed by atoms with Gasteiger partial charge >= 0.3 is 6.18 Å². The number of halogens is 3. The monoisotopic (exact) mass is 288 g/mol. The highest BCUT2D eigenvalue weighted by Crippen LogP contribution is 2.29. The molecule has 112 valence electrons. The second-order valence-corrected chi connectivity index (χ2v) is 4.86. The molecule has 7 heteroatoms. The number of hydrogen-bond donors (Lipinski definition) is 1. The van der Waals surface area contributed by atoms with E-state index in [4.69, 9.17) is 0 Å². The van der Waals surface area contributed by atoms with Crippen LogP contribution in [0.1, 0.15) is 38.4 Å².